The summed E-state index contributed by atoms with van der Waals surface area (Å²) in [4.78, 5) is 11.2. The van der Waals surface area contributed by atoms with Gasteiger partial charge in [0.15, 0.2) is 0 Å². The normalized spacial score (nSPS) is 18.2. The molecule has 3 rings (SSSR count). The number of aromatic nitrogens is 3. The van der Waals surface area contributed by atoms with Crippen molar-refractivity contribution in [2.75, 3.05) is 13.1 Å². The van der Waals surface area contributed by atoms with Gasteiger partial charge in [0.1, 0.15) is 11.3 Å². The molecule has 1 atom stereocenters. The number of hydrogen-bond donors (Lipinski definition) is 0. The van der Waals surface area contributed by atoms with Crippen LogP contribution < -0.4 is 0 Å². The van der Waals surface area contributed by atoms with E-state index in [1.807, 2.05) is 18.5 Å². The van der Waals surface area contributed by atoms with E-state index < -0.39 is 0 Å². The van der Waals surface area contributed by atoms with Gasteiger partial charge in [0.25, 0.3) is 0 Å². The van der Waals surface area contributed by atoms with Crippen LogP contribution in [0.15, 0.2) is 18.5 Å². The van der Waals surface area contributed by atoms with Crippen molar-refractivity contribution in [1.29, 1.82) is 0 Å². The predicted molar refractivity (Wildman–Crippen MR) is 77.4 cm³/mol. The molecular formula is C14H19ClN4. The van der Waals surface area contributed by atoms with Crippen molar-refractivity contribution in [2.45, 2.75) is 38.2 Å². The minimum absolute atomic E-state index is 0.446. The molecule has 3 heterocycles. The van der Waals surface area contributed by atoms with Gasteiger partial charge in [-0.2, -0.15) is 0 Å². The van der Waals surface area contributed by atoms with Crippen LogP contribution in [0.2, 0.25) is 0 Å². The zero-order valence-corrected chi connectivity index (χ0v) is 12.0. The highest BCUT2D eigenvalue weighted by atomic mass is 35.5. The molecule has 1 aliphatic heterocycles. The Morgan fingerprint density at radius 2 is 2.16 bits per heavy atom. The molecule has 102 valence electrons. The molecule has 0 amide bonds. The fourth-order valence-corrected chi connectivity index (χ4v) is 3.10. The molecule has 19 heavy (non-hydrogen) atoms. The summed E-state index contributed by atoms with van der Waals surface area (Å²) < 4.78 is 2.24. The molecule has 1 unspecified atom stereocenters. The molecule has 0 radical (unpaired) electrons. The van der Waals surface area contributed by atoms with Gasteiger partial charge in [0.05, 0.1) is 17.6 Å². The number of pyridine rings is 1. The van der Waals surface area contributed by atoms with E-state index in [9.17, 15) is 0 Å². The van der Waals surface area contributed by atoms with E-state index in [1.165, 1.54) is 25.9 Å². The van der Waals surface area contributed by atoms with Crippen LogP contribution in [-0.2, 0) is 12.4 Å². The van der Waals surface area contributed by atoms with Crippen LogP contribution in [0.3, 0.4) is 0 Å². The minimum atomic E-state index is 0.446. The number of imidazole rings is 1. The maximum Gasteiger partial charge on any atom is 0.124 e. The van der Waals surface area contributed by atoms with Crippen molar-refractivity contribution in [1.82, 2.24) is 19.4 Å². The third kappa shape index (κ3) is 2.47. The lowest BCUT2D eigenvalue weighted by Gasteiger charge is -2.25. The van der Waals surface area contributed by atoms with Crippen LogP contribution in [0.25, 0.3) is 11.0 Å². The predicted octanol–water partition coefficient (Wildman–Crippen LogP) is 2.65. The van der Waals surface area contributed by atoms with Gasteiger partial charge in [-0.1, -0.05) is 0 Å². The van der Waals surface area contributed by atoms with E-state index in [0.717, 1.165) is 23.4 Å². The molecular weight excluding hydrogens is 260 g/mol. The molecule has 4 nitrogen and oxygen atoms in total. The van der Waals surface area contributed by atoms with Gasteiger partial charge in [-0.3, -0.25) is 9.88 Å². The Kier molecular flexibility index (Phi) is 3.71. The molecule has 1 aliphatic rings. The number of nitrogens with zero attached hydrogens (tertiary/aromatic N) is 4. The second kappa shape index (κ2) is 5.47. The van der Waals surface area contributed by atoms with Gasteiger partial charge in [-0.05, 0) is 38.9 Å². The average molecular weight is 279 g/mol. The van der Waals surface area contributed by atoms with Gasteiger partial charge in [-0.15, -0.1) is 11.6 Å². The van der Waals surface area contributed by atoms with E-state index >= 15 is 0 Å². The van der Waals surface area contributed by atoms with Crippen LogP contribution >= 0.6 is 11.6 Å². The molecule has 0 N–H and O–H groups in total. The molecule has 0 spiro atoms. The third-order valence-electron chi connectivity index (χ3n) is 3.96. The Morgan fingerprint density at radius 1 is 1.37 bits per heavy atom. The standard InChI is InChI=1S/C14H19ClN4/c1-11(18-6-2-3-7-18)10-19-13-4-5-16-9-12(13)17-14(19)8-15/h4-5,9,11H,2-3,6-8,10H2,1H3. The number of likely N-dealkylation sites (tertiary alicyclic amines) is 1. The number of hydrogen-bond acceptors (Lipinski definition) is 3. The second-order valence-electron chi connectivity index (χ2n) is 5.23. The van der Waals surface area contributed by atoms with E-state index in [4.69, 9.17) is 11.6 Å². The van der Waals surface area contributed by atoms with Crippen LogP contribution in [-0.4, -0.2) is 38.6 Å². The summed E-state index contributed by atoms with van der Waals surface area (Å²) in [5, 5.41) is 0. The fourth-order valence-electron chi connectivity index (χ4n) is 2.90. The molecule has 1 saturated heterocycles. The van der Waals surface area contributed by atoms with E-state index in [-0.39, 0.29) is 0 Å². The highest BCUT2D eigenvalue weighted by Crippen LogP contribution is 2.19. The summed E-state index contributed by atoms with van der Waals surface area (Å²) in [5.41, 5.74) is 2.07. The molecule has 0 aliphatic carbocycles. The van der Waals surface area contributed by atoms with Crippen LogP contribution in [0.1, 0.15) is 25.6 Å². The first-order valence-electron chi connectivity index (χ1n) is 6.88. The smallest absolute Gasteiger partial charge is 0.124 e. The lowest BCUT2D eigenvalue weighted by molar-refractivity contribution is 0.236. The summed E-state index contributed by atoms with van der Waals surface area (Å²) in [6, 6.07) is 2.55. The van der Waals surface area contributed by atoms with Crippen molar-refractivity contribution >= 4 is 22.6 Å². The quantitative estimate of drug-likeness (QED) is 0.807. The van der Waals surface area contributed by atoms with Crippen molar-refractivity contribution in [3.63, 3.8) is 0 Å². The Morgan fingerprint density at radius 3 is 2.89 bits per heavy atom. The zero-order chi connectivity index (χ0) is 13.2. The first-order chi connectivity index (χ1) is 9.29. The van der Waals surface area contributed by atoms with E-state index in [2.05, 4.69) is 26.4 Å². The van der Waals surface area contributed by atoms with Crippen LogP contribution in [0.5, 0.6) is 0 Å². The summed E-state index contributed by atoms with van der Waals surface area (Å²) in [6.07, 6.45) is 6.27. The van der Waals surface area contributed by atoms with E-state index in [1.54, 1.807) is 0 Å². The topological polar surface area (TPSA) is 34.0 Å². The summed E-state index contributed by atoms with van der Waals surface area (Å²) in [7, 11) is 0. The van der Waals surface area contributed by atoms with E-state index in [0.29, 0.717) is 11.9 Å². The largest absolute Gasteiger partial charge is 0.325 e. The monoisotopic (exact) mass is 278 g/mol. The Balaban J connectivity index is 1.90. The molecule has 2 aromatic rings. The number of fused-ring (bicyclic) bond motifs is 1. The average Bonchev–Trinajstić information content (AvgIpc) is 3.06. The highest BCUT2D eigenvalue weighted by Gasteiger charge is 2.20. The van der Waals surface area contributed by atoms with Crippen molar-refractivity contribution < 1.29 is 0 Å². The Labute approximate surface area is 118 Å². The highest BCUT2D eigenvalue weighted by molar-refractivity contribution is 6.16. The van der Waals surface area contributed by atoms with Gasteiger partial charge < -0.3 is 4.57 Å². The lowest BCUT2D eigenvalue weighted by Crippen LogP contribution is -2.34. The van der Waals surface area contributed by atoms with Gasteiger partial charge in [0, 0.05) is 18.8 Å². The number of alkyl halides is 1. The van der Waals surface area contributed by atoms with Crippen LogP contribution in [0.4, 0.5) is 0 Å². The molecule has 2 aromatic heterocycles. The molecule has 1 fully saturated rings. The number of halogens is 1. The zero-order valence-electron chi connectivity index (χ0n) is 11.2. The molecule has 0 saturated carbocycles. The van der Waals surface area contributed by atoms with Gasteiger partial charge >= 0.3 is 0 Å². The molecule has 0 aromatic carbocycles. The minimum Gasteiger partial charge on any atom is -0.325 e. The molecule has 0 bridgehead atoms. The summed E-state index contributed by atoms with van der Waals surface area (Å²) in [6.45, 7) is 5.66. The second-order valence-corrected chi connectivity index (χ2v) is 5.50. The summed E-state index contributed by atoms with van der Waals surface area (Å²) >= 11 is 6.03. The Hall–Kier alpha value is -1.13. The summed E-state index contributed by atoms with van der Waals surface area (Å²) in [5.74, 6) is 1.39. The van der Waals surface area contributed by atoms with Crippen molar-refractivity contribution in [2.24, 2.45) is 0 Å². The third-order valence-corrected chi connectivity index (χ3v) is 4.20. The Bertz CT molecular complexity index is 560. The van der Waals surface area contributed by atoms with Crippen molar-refractivity contribution in [3.8, 4) is 0 Å². The SMILES string of the molecule is CC(Cn1c(CCl)nc2cnccc21)N1CCCC1. The fraction of sp³-hybridized carbons (Fsp3) is 0.571. The number of rotatable bonds is 4. The van der Waals surface area contributed by atoms with Crippen LogP contribution in [0, 0.1) is 0 Å². The first-order valence-corrected chi connectivity index (χ1v) is 7.42. The van der Waals surface area contributed by atoms with Crippen molar-refractivity contribution in [3.05, 3.63) is 24.3 Å². The molecule has 5 heteroatoms. The van der Waals surface area contributed by atoms with Gasteiger partial charge in [-0.25, -0.2) is 4.98 Å². The lowest BCUT2D eigenvalue weighted by atomic mass is 10.3. The first kappa shape index (κ1) is 12.9. The maximum absolute atomic E-state index is 6.03. The maximum atomic E-state index is 6.03. The van der Waals surface area contributed by atoms with Gasteiger partial charge in [0.2, 0.25) is 0 Å².